The molecule has 1 aromatic heterocycles. The Balaban J connectivity index is 2.89. The van der Waals surface area contributed by atoms with Gasteiger partial charge in [0, 0.05) is 6.20 Å². The fraction of sp³-hybridized carbons (Fsp3) is 0.636. The number of rotatable bonds is 8. The molecule has 0 amide bonds. The van der Waals surface area contributed by atoms with E-state index in [0.717, 1.165) is 17.1 Å². The van der Waals surface area contributed by atoms with Gasteiger partial charge in [0.25, 0.3) is 6.43 Å². The number of nitrogens with zero attached hydrogens (tertiary/aromatic N) is 2. The molecule has 0 aliphatic carbocycles. The lowest BCUT2D eigenvalue weighted by atomic mass is 10.1. The minimum atomic E-state index is -4.12. The van der Waals surface area contributed by atoms with E-state index in [1.54, 1.807) is 13.8 Å². The molecule has 0 fully saturated rings. The quantitative estimate of drug-likeness (QED) is 0.740. The number of aliphatic carboxylic acids is 1. The SMILES string of the molecule is CC(C)CC(NS(=O)(=O)c1cnn(CC(F)F)c1)C(=O)O. The van der Waals surface area contributed by atoms with Crippen molar-refractivity contribution in [3.8, 4) is 0 Å². The van der Waals surface area contributed by atoms with Crippen LogP contribution in [0.15, 0.2) is 17.3 Å². The minimum Gasteiger partial charge on any atom is -0.480 e. The predicted molar refractivity (Wildman–Crippen MR) is 69.4 cm³/mol. The van der Waals surface area contributed by atoms with Gasteiger partial charge < -0.3 is 5.11 Å². The van der Waals surface area contributed by atoms with E-state index < -0.39 is 35.0 Å². The summed E-state index contributed by atoms with van der Waals surface area (Å²) in [4.78, 5) is 10.7. The van der Waals surface area contributed by atoms with Crippen LogP contribution in [0.3, 0.4) is 0 Å². The number of aromatic nitrogens is 2. The van der Waals surface area contributed by atoms with Gasteiger partial charge in [-0.05, 0) is 12.3 Å². The molecule has 0 aliphatic heterocycles. The summed E-state index contributed by atoms with van der Waals surface area (Å²) in [5, 5.41) is 12.5. The Bertz CT molecular complexity index is 586. The van der Waals surface area contributed by atoms with Crippen LogP contribution < -0.4 is 4.72 Å². The highest BCUT2D eigenvalue weighted by molar-refractivity contribution is 7.89. The zero-order chi connectivity index (χ0) is 16.2. The number of carbonyl (C=O) groups is 1. The molecule has 0 bridgehead atoms. The number of hydrogen-bond acceptors (Lipinski definition) is 4. The smallest absolute Gasteiger partial charge is 0.321 e. The lowest BCUT2D eigenvalue weighted by Crippen LogP contribution is -2.41. The molecule has 120 valence electrons. The summed E-state index contributed by atoms with van der Waals surface area (Å²) < 4.78 is 51.2. The Labute approximate surface area is 121 Å². The van der Waals surface area contributed by atoms with Crippen LogP contribution in [-0.4, -0.2) is 41.7 Å². The molecule has 7 nitrogen and oxygen atoms in total. The first-order chi connectivity index (χ1) is 9.61. The van der Waals surface area contributed by atoms with Gasteiger partial charge in [-0.1, -0.05) is 13.8 Å². The third-order valence-electron chi connectivity index (χ3n) is 2.55. The topological polar surface area (TPSA) is 101 Å². The van der Waals surface area contributed by atoms with Crippen molar-refractivity contribution in [2.24, 2.45) is 5.92 Å². The molecule has 1 unspecified atom stereocenters. The Kier molecular flexibility index (Phi) is 5.78. The number of carboxylic acid groups (broad SMARTS) is 1. The summed E-state index contributed by atoms with van der Waals surface area (Å²) >= 11 is 0. The zero-order valence-electron chi connectivity index (χ0n) is 11.5. The molecule has 1 rings (SSSR count). The van der Waals surface area contributed by atoms with Gasteiger partial charge in [-0.25, -0.2) is 17.2 Å². The maximum Gasteiger partial charge on any atom is 0.321 e. The van der Waals surface area contributed by atoms with E-state index in [4.69, 9.17) is 5.11 Å². The summed E-state index contributed by atoms with van der Waals surface area (Å²) in [6.07, 6.45) is -0.720. The van der Waals surface area contributed by atoms with E-state index in [2.05, 4.69) is 5.10 Å². The van der Waals surface area contributed by atoms with Gasteiger partial charge in [0.2, 0.25) is 10.0 Å². The molecule has 0 aliphatic rings. The molecule has 0 radical (unpaired) electrons. The van der Waals surface area contributed by atoms with Crippen LogP contribution in [0.1, 0.15) is 20.3 Å². The predicted octanol–water partition coefficient (Wildman–Crippen LogP) is 0.926. The van der Waals surface area contributed by atoms with Gasteiger partial charge in [-0.3, -0.25) is 9.48 Å². The molecule has 2 N–H and O–H groups in total. The second kappa shape index (κ2) is 6.94. The second-order valence-corrected chi connectivity index (χ2v) is 6.64. The molecule has 0 aromatic carbocycles. The lowest BCUT2D eigenvalue weighted by Gasteiger charge is -2.15. The molecule has 21 heavy (non-hydrogen) atoms. The fourth-order valence-corrected chi connectivity index (χ4v) is 2.80. The van der Waals surface area contributed by atoms with Gasteiger partial charge >= 0.3 is 5.97 Å². The summed E-state index contributed by atoms with van der Waals surface area (Å²) in [6.45, 7) is 2.78. The maximum atomic E-state index is 12.2. The van der Waals surface area contributed by atoms with Crippen LogP contribution in [-0.2, 0) is 21.4 Å². The van der Waals surface area contributed by atoms with Crippen molar-refractivity contribution in [3.63, 3.8) is 0 Å². The summed E-state index contributed by atoms with van der Waals surface area (Å²) in [5.74, 6) is -1.33. The standard InChI is InChI=1S/C11H17F2N3O4S/c1-7(2)3-9(11(17)18)15-21(19,20)8-4-14-16(5-8)6-10(12)13/h4-5,7,9-10,15H,3,6H2,1-2H3,(H,17,18). The molecule has 10 heteroatoms. The maximum absolute atomic E-state index is 12.2. The monoisotopic (exact) mass is 325 g/mol. The van der Waals surface area contributed by atoms with Crippen LogP contribution in [0.4, 0.5) is 8.78 Å². The number of nitrogens with one attached hydrogen (secondary N) is 1. The second-order valence-electron chi connectivity index (χ2n) is 4.93. The van der Waals surface area contributed by atoms with Crippen molar-refractivity contribution in [1.29, 1.82) is 0 Å². The van der Waals surface area contributed by atoms with Crippen molar-refractivity contribution in [3.05, 3.63) is 12.4 Å². The first-order valence-corrected chi connectivity index (χ1v) is 7.66. The van der Waals surface area contributed by atoms with E-state index >= 15 is 0 Å². The highest BCUT2D eigenvalue weighted by Gasteiger charge is 2.27. The number of sulfonamides is 1. The van der Waals surface area contributed by atoms with E-state index in [0.29, 0.717) is 0 Å². The third kappa shape index (κ3) is 5.38. The zero-order valence-corrected chi connectivity index (χ0v) is 12.3. The van der Waals surface area contributed by atoms with E-state index in [9.17, 15) is 22.0 Å². The Morgan fingerprint density at radius 1 is 1.48 bits per heavy atom. The number of halogens is 2. The van der Waals surface area contributed by atoms with Gasteiger partial charge in [0.05, 0.1) is 6.20 Å². The van der Waals surface area contributed by atoms with Crippen molar-refractivity contribution in [2.45, 2.75) is 44.2 Å². The van der Waals surface area contributed by atoms with Gasteiger partial charge in [0.15, 0.2) is 0 Å². The summed E-state index contributed by atoms with van der Waals surface area (Å²) in [7, 11) is -4.12. The normalized spacial score (nSPS) is 13.8. The molecule has 1 heterocycles. The van der Waals surface area contributed by atoms with Gasteiger partial charge in [0.1, 0.15) is 17.5 Å². The Morgan fingerprint density at radius 3 is 2.57 bits per heavy atom. The molecular formula is C11H17F2N3O4S. The average molecular weight is 325 g/mol. The molecule has 1 aromatic rings. The van der Waals surface area contributed by atoms with Crippen LogP contribution in [0.25, 0.3) is 0 Å². The molecule has 1 atom stereocenters. The van der Waals surface area contributed by atoms with Crippen molar-refractivity contribution >= 4 is 16.0 Å². The molecule has 0 saturated heterocycles. The fourth-order valence-electron chi connectivity index (χ4n) is 1.65. The largest absolute Gasteiger partial charge is 0.480 e. The van der Waals surface area contributed by atoms with Crippen molar-refractivity contribution < 1.29 is 27.1 Å². The molecule has 0 spiro atoms. The van der Waals surface area contributed by atoms with Crippen molar-refractivity contribution in [2.75, 3.05) is 0 Å². The van der Waals surface area contributed by atoms with Gasteiger partial charge in [-0.15, -0.1) is 0 Å². The summed E-state index contributed by atoms with van der Waals surface area (Å²) in [5.41, 5.74) is 0. The first-order valence-electron chi connectivity index (χ1n) is 6.17. The minimum absolute atomic E-state index is 0.0321. The van der Waals surface area contributed by atoms with E-state index in [1.165, 1.54) is 0 Å². The van der Waals surface area contributed by atoms with Crippen LogP contribution in [0, 0.1) is 5.92 Å². The average Bonchev–Trinajstić information content (AvgIpc) is 2.75. The Hall–Kier alpha value is -1.55. The highest BCUT2D eigenvalue weighted by Crippen LogP contribution is 2.12. The molecule has 0 saturated carbocycles. The Morgan fingerprint density at radius 2 is 2.10 bits per heavy atom. The van der Waals surface area contributed by atoms with Crippen molar-refractivity contribution in [1.82, 2.24) is 14.5 Å². The third-order valence-corrected chi connectivity index (χ3v) is 3.97. The number of alkyl halides is 2. The highest BCUT2D eigenvalue weighted by atomic mass is 32.2. The number of hydrogen-bond donors (Lipinski definition) is 2. The summed E-state index contributed by atoms with van der Waals surface area (Å²) in [6, 6.07) is -1.28. The first kappa shape index (κ1) is 17.5. The van der Waals surface area contributed by atoms with E-state index in [1.807, 2.05) is 4.72 Å². The lowest BCUT2D eigenvalue weighted by molar-refractivity contribution is -0.139. The van der Waals surface area contributed by atoms with Crippen LogP contribution in [0.2, 0.25) is 0 Å². The molecular weight excluding hydrogens is 308 g/mol. The van der Waals surface area contributed by atoms with Crippen LogP contribution >= 0.6 is 0 Å². The van der Waals surface area contributed by atoms with Gasteiger partial charge in [-0.2, -0.15) is 9.82 Å². The van der Waals surface area contributed by atoms with E-state index in [-0.39, 0.29) is 17.2 Å². The van der Waals surface area contributed by atoms with Crippen LogP contribution in [0.5, 0.6) is 0 Å². The number of carboxylic acids is 1.